The van der Waals surface area contributed by atoms with Crippen LogP contribution in [0.3, 0.4) is 0 Å². The molecular formula is C13H24N4O4. The molecule has 0 spiro atoms. The summed E-state index contributed by atoms with van der Waals surface area (Å²) in [5, 5.41) is 17.3. The van der Waals surface area contributed by atoms with Crippen LogP contribution in [0.15, 0.2) is 5.16 Å². The van der Waals surface area contributed by atoms with Crippen molar-refractivity contribution in [3.05, 3.63) is 0 Å². The first-order valence-corrected chi connectivity index (χ1v) is 7.17. The first-order valence-electron chi connectivity index (χ1n) is 7.17. The standard InChI is InChI=1S/C13H24N4O4/c1-2-6-15-10(18)3-7-16-12(19)13(11(14)17-20)4-8-21-9-5-13/h20H,2-9H2,1H3,(H2,14,17)(H,15,18)(H,16,19). The summed E-state index contributed by atoms with van der Waals surface area (Å²) in [5.41, 5.74) is 4.64. The number of nitrogens with one attached hydrogen (secondary N) is 2. The van der Waals surface area contributed by atoms with E-state index in [0.717, 1.165) is 6.42 Å². The molecule has 0 atom stereocenters. The van der Waals surface area contributed by atoms with Crippen molar-refractivity contribution in [3.8, 4) is 0 Å². The van der Waals surface area contributed by atoms with Crippen molar-refractivity contribution in [2.45, 2.75) is 32.6 Å². The number of ether oxygens (including phenoxy) is 1. The average Bonchev–Trinajstić information content (AvgIpc) is 2.52. The van der Waals surface area contributed by atoms with Crippen LogP contribution in [0.25, 0.3) is 0 Å². The van der Waals surface area contributed by atoms with Gasteiger partial charge in [-0.15, -0.1) is 0 Å². The molecule has 2 amide bonds. The lowest BCUT2D eigenvalue weighted by Crippen LogP contribution is -2.53. The molecule has 1 rings (SSSR count). The molecule has 0 aromatic carbocycles. The fourth-order valence-electron chi connectivity index (χ4n) is 2.23. The Morgan fingerprint density at radius 2 is 1.95 bits per heavy atom. The SMILES string of the molecule is CCCNC(=O)CCNC(=O)C1(C(N)=NO)CCOCC1. The van der Waals surface area contributed by atoms with E-state index in [9.17, 15) is 9.59 Å². The number of rotatable bonds is 7. The fourth-order valence-corrected chi connectivity index (χ4v) is 2.23. The van der Waals surface area contributed by atoms with Crippen LogP contribution in [0.5, 0.6) is 0 Å². The van der Waals surface area contributed by atoms with Gasteiger partial charge in [-0.3, -0.25) is 9.59 Å². The van der Waals surface area contributed by atoms with Crippen LogP contribution in [0.1, 0.15) is 32.6 Å². The monoisotopic (exact) mass is 300 g/mol. The second kappa shape index (κ2) is 8.46. The Morgan fingerprint density at radius 3 is 2.52 bits per heavy atom. The van der Waals surface area contributed by atoms with Crippen molar-refractivity contribution in [1.29, 1.82) is 0 Å². The van der Waals surface area contributed by atoms with E-state index in [2.05, 4.69) is 15.8 Å². The minimum Gasteiger partial charge on any atom is -0.409 e. The second-order valence-corrected chi connectivity index (χ2v) is 5.04. The van der Waals surface area contributed by atoms with Crippen LogP contribution < -0.4 is 16.4 Å². The molecule has 1 aliphatic rings. The molecule has 0 saturated carbocycles. The van der Waals surface area contributed by atoms with Crippen LogP contribution in [0, 0.1) is 5.41 Å². The summed E-state index contributed by atoms with van der Waals surface area (Å²) in [5.74, 6) is -0.551. The smallest absolute Gasteiger partial charge is 0.234 e. The quantitative estimate of drug-likeness (QED) is 0.219. The third-order valence-corrected chi connectivity index (χ3v) is 3.59. The molecule has 1 saturated heterocycles. The molecule has 1 aliphatic heterocycles. The Bertz CT molecular complexity index is 392. The van der Waals surface area contributed by atoms with Gasteiger partial charge < -0.3 is 26.3 Å². The van der Waals surface area contributed by atoms with Gasteiger partial charge in [0.15, 0.2) is 5.84 Å². The molecule has 0 bridgehead atoms. The molecule has 8 nitrogen and oxygen atoms in total. The van der Waals surface area contributed by atoms with Crippen LogP contribution in [-0.4, -0.2) is 49.2 Å². The van der Waals surface area contributed by atoms with E-state index in [0.29, 0.717) is 32.6 Å². The lowest BCUT2D eigenvalue weighted by Gasteiger charge is -2.34. The zero-order valence-electron chi connectivity index (χ0n) is 12.4. The molecule has 1 fully saturated rings. The van der Waals surface area contributed by atoms with E-state index in [1.807, 2.05) is 6.92 Å². The Hall–Kier alpha value is -1.83. The number of carbonyl (C=O) groups is 2. The maximum absolute atomic E-state index is 12.3. The predicted molar refractivity (Wildman–Crippen MR) is 76.8 cm³/mol. The highest BCUT2D eigenvalue weighted by Gasteiger charge is 2.44. The summed E-state index contributed by atoms with van der Waals surface area (Å²) in [6.07, 6.45) is 1.78. The van der Waals surface area contributed by atoms with E-state index in [1.165, 1.54) is 0 Å². The summed E-state index contributed by atoms with van der Waals surface area (Å²) >= 11 is 0. The molecule has 1 heterocycles. The summed E-state index contributed by atoms with van der Waals surface area (Å²) in [6.45, 7) is 3.56. The summed E-state index contributed by atoms with van der Waals surface area (Å²) in [7, 11) is 0. The van der Waals surface area contributed by atoms with Gasteiger partial charge in [0.2, 0.25) is 11.8 Å². The van der Waals surface area contributed by atoms with Crippen LogP contribution in [-0.2, 0) is 14.3 Å². The maximum Gasteiger partial charge on any atom is 0.234 e. The maximum atomic E-state index is 12.3. The lowest BCUT2D eigenvalue weighted by atomic mass is 9.78. The number of oxime groups is 1. The van der Waals surface area contributed by atoms with E-state index in [-0.39, 0.29) is 30.6 Å². The predicted octanol–water partition coefficient (Wildman–Crippen LogP) is -0.438. The van der Waals surface area contributed by atoms with Crippen molar-refractivity contribution in [2.24, 2.45) is 16.3 Å². The van der Waals surface area contributed by atoms with Gasteiger partial charge in [-0.2, -0.15) is 0 Å². The highest BCUT2D eigenvalue weighted by atomic mass is 16.5. The molecule has 0 unspecified atom stereocenters. The van der Waals surface area contributed by atoms with Gasteiger partial charge in [-0.1, -0.05) is 12.1 Å². The van der Waals surface area contributed by atoms with Crippen molar-refractivity contribution in [3.63, 3.8) is 0 Å². The van der Waals surface area contributed by atoms with Crippen molar-refractivity contribution < 1.29 is 19.5 Å². The molecule has 21 heavy (non-hydrogen) atoms. The van der Waals surface area contributed by atoms with Crippen LogP contribution in [0.4, 0.5) is 0 Å². The topological polar surface area (TPSA) is 126 Å². The molecular weight excluding hydrogens is 276 g/mol. The average molecular weight is 300 g/mol. The van der Waals surface area contributed by atoms with Gasteiger partial charge in [0.05, 0.1) is 0 Å². The minimum atomic E-state index is -1.05. The van der Waals surface area contributed by atoms with Crippen LogP contribution >= 0.6 is 0 Å². The van der Waals surface area contributed by atoms with Crippen molar-refractivity contribution in [2.75, 3.05) is 26.3 Å². The van der Waals surface area contributed by atoms with Crippen molar-refractivity contribution >= 4 is 17.6 Å². The Morgan fingerprint density at radius 1 is 1.29 bits per heavy atom. The van der Waals surface area contributed by atoms with E-state index < -0.39 is 5.41 Å². The zero-order valence-corrected chi connectivity index (χ0v) is 12.4. The third-order valence-electron chi connectivity index (χ3n) is 3.59. The number of nitrogens with two attached hydrogens (primary N) is 1. The van der Waals surface area contributed by atoms with Gasteiger partial charge in [0, 0.05) is 32.7 Å². The lowest BCUT2D eigenvalue weighted by molar-refractivity contribution is -0.131. The van der Waals surface area contributed by atoms with E-state index >= 15 is 0 Å². The van der Waals surface area contributed by atoms with E-state index in [4.69, 9.17) is 15.7 Å². The normalized spacial score (nSPS) is 18.0. The number of carbonyl (C=O) groups excluding carboxylic acids is 2. The molecule has 0 radical (unpaired) electrons. The third kappa shape index (κ3) is 4.59. The number of amidine groups is 1. The first-order chi connectivity index (χ1) is 10.1. The molecule has 120 valence electrons. The zero-order chi connectivity index (χ0) is 15.7. The Labute approximate surface area is 124 Å². The van der Waals surface area contributed by atoms with Gasteiger partial charge in [0.1, 0.15) is 5.41 Å². The number of nitrogens with zero attached hydrogens (tertiary/aromatic N) is 1. The number of hydrogen-bond donors (Lipinski definition) is 4. The van der Waals surface area contributed by atoms with Gasteiger partial charge in [-0.05, 0) is 19.3 Å². The van der Waals surface area contributed by atoms with E-state index in [1.54, 1.807) is 0 Å². The highest BCUT2D eigenvalue weighted by Crippen LogP contribution is 2.31. The van der Waals surface area contributed by atoms with Gasteiger partial charge in [-0.25, -0.2) is 0 Å². The summed E-state index contributed by atoms with van der Waals surface area (Å²) in [6, 6.07) is 0. The molecule has 8 heteroatoms. The Kier molecular flexibility index (Phi) is 6.93. The van der Waals surface area contributed by atoms with Crippen LogP contribution in [0.2, 0.25) is 0 Å². The summed E-state index contributed by atoms with van der Waals surface area (Å²) in [4.78, 5) is 23.8. The largest absolute Gasteiger partial charge is 0.409 e. The van der Waals surface area contributed by atoms with Crippen molar-refractivity contribution in [1.82, 2.24) is 10.6 Å². The highest BCUT2D eigenvalue weighted by molar-refractivity contribution is 6.06. The van der Waals surface area contributed by atoms with Gasteiger partial charge in [0.25, 0.3) is 0 Å². The minimum absolute atomic E-state index is 0.109. The second-order valence-electron chi connectivity index (χ2n) is 5.04. The number of hydrogen-bond acceptors (Lipinski definition) is 5. The molecule has 0 aromatic rings. The molecule has 0 aliphatic carbocycles. The number of amides is 2. The molecule has 0 aromatic heterocycles. The Balaban J connectivity index is 2.52. The summed E-state index contributed by atoms with van der Waals surface area (Å²) < 4.78 is 5.22. The fraction of sp³-hybridized carbons (Fsp3) is 0.769. The molecule has 5 N–H and O–H groups in total. The van der Waals surface area contributed by atoms with Gasteiger partial charge >= 0.3 is 0 Å². The first kappa shape index (κ1) is 17.2.